The molecule has 0 atom stereocenters. The van der Waals surface area contributed by atoms with Gasteiger partial charge in [-0.1, -0.05) is 51.1 Å². The number of nitrogens with zero attached hydrogens (tertiary/aromatic N) is 2. The fourth-order valence-corrected chi connectivity index (χ4v) is 2.62. The molecular weight excluding hydrogens is 282 g/mol. The van der Waals surface area contributed by atoms with Gasteiger partial charge in [-0.25, -0.2) is 9.97 Å². The van der Waals surface area contributed by atoms with Crippen LogP contribution in [0.5, 0.6) is 0 Å². The monoisotopic (exact) mass is 309 g/mol. The minimum absolute atomic E-state index is 0.541. The van der Waals surface area contributed by atoms with Crippen LogP contribution in [0.3, 0.4) is 0 Å². The van der Waals surface area contributed by atoms with E-state index in [4.69, 9.17) is 11.6 Å². The second-order valence-corrected chi connectivity index (χ2v) is 7.00. The average Bonchev–Trinajstić information content (AvgIpc) is 3.26. The van der Waals surface area contributed by atoms with E-state index in [1.165, 1.54) is 44.9 Å². The summed E-state index contributed by atoms with van der Waals surface area (Å²) in [6.07, 6.45) is 8.91. The number of rotatable bonds is 9. The normalized spacial score (nSPS) is 14.7. The molecule has 0 bridgehead atoms. The molecular formula is C17H28ClN3. The molecule has 0 spiro atoms. The first-order chi connectivity index (χ1) is 10.1. The van der Waals surface area contributed by atoms with Crippen molar-refractivity contribution < 1.29 is 0 Å². The zero-order valence-electron chi connectivity index (χ0n) is 13.6. The topological polar surface area (TPSA) is 37.8 Å². The van der Waals surface area contributed by atoms with Crippen LogP contribution < -0.4 is 5.32 Å². The molecule has 1 saturated carbocycles. The molecule has 1 aliphatic carbocycles. The average molecular weight is 310 g/mol. The van der Waals surface area contributed by atoms with E-state index in [0.717, 1.165) is 29.7 Å². The van der Waals surface area contributed by atoms with Gasteiger partial charge in [-0.15, -0.1) is 0 Å². The van der Waals surface area contributed by atoms with Crippen molar-refractivity contribution in [3.05, 3.63) is 16.5 Å². The summed E-state index contributed by atoms with van der Waals surface area (Å²) in [5.74, 6) is 3.22. The van der Waals surface area contributed by atoms with Crippen LogP contribution in [-0.2, 0) is 0 Å². The van der Waals surface area contributed by atoms with E-state index in [0.29, 0.717) is 11.1 Å². The Hall–Kier alpha value is -0.830. The second kappa shape index (κ2) is 7.98. The van der Waals surface area contributed by atoms with Crippen molar-refractivity contribution in [3.63, 3.8) is 0 Å². The Morgan fingerprint density at radius 3 is 2.52 bits per heavy atom. The van der Waals surface area contributed by atoms with Crippen LogP contribution >= 0.6 is 11.6 Å². The molecule has 118 valence electrons. The fourth-order valence-electron chi connectivity index (χ4n) is 2.44. The maximum atomic E-state index is 6.21. The van der Waals surface area contributed by atoms with Crippen molar-refractivity contribution in [2.75, 3.05) is 11.9 Å². The van der Waals surface area contributed by atoms with Crippen LogP contribution in [0.15, 0.2) is 0 Å². The number of unbranched alkanes of at least 4 members (excludes halogenated alkanes) is 3. The van der Waals surface area contributed by atoms with Crippen LogP contribution in [0.4, 0.5) is 5.82 Å². The number of aromatic nitrogens is 2. The van der Waals surface area contributed by atoms with Gasteiger partial charge < -0.3 is 5.32 Å². The van der Waals surface area contributed by atoms with Gasteiger partial charge in [0.05, 0.1) is 0 Å². The van der Waals surface area contributed by atoms with E-state index in [9.17, 15) is 0 Å². The quantitative estimate of drug-likeness (QED) is 0.494. The van der Waals surface area contributed by atoms with Crippen LogP contribution in [0.25, 0.3) is 0 Å². The predicted molar refractivity (Wildman–Crippen MR) is 90.2 cm³/mol. The number of hydrogen-bond acceptors (Lipinski definition) is 3. The molecule has 2 rings (SSSR count). The highest BCUT2D eigenvalue weighted by Gasteiger charge is 2.27. The summed E-state index contributed by atoms with van der Waals surface area (Å²) in [4.78, 5) is 9.04. The van der Waals surface area contributed by atoms with Crippen LogP contribution in [0, 0.1) is 12.8 Å². The van der Waals surface area contributed by atoms with E-state index in [-0.39, 0.29) is 0 Å². The lowest BCUT2D eigenvalue weighted by Gasteiger charge is -2.11. The number of hydrogen-bond donors (Lipinski definition) is 1. The van der Waals surface area contributed by atoms with Crippen molar-refractivity contribution in [3.8, 4) is 0 Å². The highest BCUT2D eigenvalue weighted by molar-refractivity contribution is 6.30. The minimum atomic E-state index is 0.541. The number of nitrogens with one attached hydrogen (secondary N) is 1. The molecule has 21 heavy (non-hydrogen) atoms. The van der Waals surface area contributed by atoms with Gasteiger partial charge in [0.2, 0.25) is 0 Å². The van der Waals surface area contributed by atoms with Gasteiger partial charge in [-0.05, 0) is 32.1 Å². The standard InChI is InChI=1S/C17H28ClN3/c1-12(2)8-6-4-5-7-11-19-16-13(3)15(18)20-17(21-16)14-9-10-14/h12,14H,4-11H2,1-3H3,(H,19,20,21). The van der Waals surface area contributed by atoms with Crippen molar-refractivity contribution in [1.82, 2.24) is 9.97 Å². The molecule has 0 unspecified atom stereocenters. The summed E-state index contributed by atoms with van der Waals surface area (Å²) in [5.41, 5.74) is 0.973. The highest BCUT2D eigenvalue weighted by atomic mass is 35.5. The van der Waals surface area contributed by atoms with E-state index >= 15 is 0 Å². The van der Waals surface area contributed by atoms with Crippen LogP contribution in [0.2, 0.25) is 5.15 Å². The fraction of sp³-hybridized carbons (Fsp3) is 0.765. The summed E-state index contributed by atoms with van der Waals surface area (Å²) in [5, 5.41) is 4.04. The molecule has 0 aromatic carbocycles. The zero-order chi connectivity index (χ0) is 15.2. The van der Waals surface area contributed by atoms with Crippen molar-refractivity contribution in [2.45, 2.75) is 71.6 Å². The Bertz CT molecular complexity index is 456. The number of halogens is 1. The third-order valence-corrected chi connectivity index (χ3v) is 4.41. The van der Waals surface area contributed by atoms with E-state index < -0.39 is 0 Å². The Labute approximate surface area is 133 Å². The molecule has 0 aliphatic heterocycles. The van der Waals surface area contributed by atoms with E-state index in [1.807, 2.05) is 6.92 Å². The van der Waals surface area contributed by atoms with Gasteiger partial charge in [0.1, 0.15) is 16.8 Å². The zero-order valence-corrected chi connectivity index (χ0v) is 14.3. The molecule has 1 heterocycles. The van der Waals surface area contributed by atoms with Crippen LogP contribution in [0.1, 0.15) is 76.1 Å². The molecule has 1 aliphatic rings. The van der Waals surface area contributed by atoms with Gasteiger partial charge in [0.25, 0.3) is 0 Å². The lowest BCUT2D eigenvalue weighted by molar-refractivity contribution is 0.523. The molecule has 1 aromatic rings. The first-order valence-electron chi connectivity index (χ1n) is 8.36. The lowest BCUT2D eigenvalue weighted by Crippen LogP contribution is -2.08. The SMILES string of the molecule is Cc1c(Cl)nc(C2CC2)nc1NCCCCCCC(C)C. The van der Waals surface area contributed by atoms with Crippen molar-refractivity contribution >= 4 is 17.4 Å². The van der Waals surface area contributed by atoms with Gasteiger partial charge in [-0.3, -0.25) is 0 Å². The third kappa shape index (κ3) is 5.46. The van der Waals surface area contributed by atoms with Crippen molar-refractivity contribution in [2.24, 2.45) is 5.92 Å². The molecule has 0 amide bonds. The molecule has 4 heteroatoms. The van der Waals surface area contributed by atoms with Crippen LogP contribution in [-0.4, -0.2) is 16.5 Å². The molecule has 0 radical (unpaired) electrons. The van der Waals surface area contributed by atoms with Crippen molar-refractivity contribution in [1.29, 1.82) is 0 Å². The third-order valence-electron chi connectivity index (χ3n) is 4.05. The summed E-state index contributed by atoms with van der Waals surface area (Å²) in [7, 11) is 0. The number of anilines is 1. The minimum Gasteiger partial charge on any atom is -0.370 e. The Morgan fingerprint density at radius 1 is 1.14 bits per heavy atom. The maximum Gasteiger partial charge on any atom is 0.137 e. The van der Waals surface area contributed by atoms with Gasteiger partial charge in [0.15, 0.2) is 0 Å². The summed E-state index contributed by atoms with van der Waals surface area (Å²) in [6.45, 7) is 7.55. The first-order valence-corrected chi connectivity index (χ1v) is 8.73. The highest BCUT2D eigenvalue weighted by Crippen LogP contribution is 2.39. The lowest BCUT2D eigenvalue weighted by atomic mass is 10.0. The molecule has 1 fully saturated rings. The van der Waals surface area contributed by atoms with Gasteiger partial charge in [0, 0.05) is 18.0 Å². The summed E-state index contributed by atoms with van der Waals surface area (Å²) >= 11 is 6.21. The van der Waals surface area contributed by atoms with E-state index in [1.54, 1.807) is 0 Å². The summed E-state index contributed by atoms with van der Waals surface area (Å²) < 4.78 is 0. The first kappa shape index (κ1) is 16.5. The second-order valence-electron chi connectivity index (χ2n) is 6.64. The van der Waals surface area contributed by atoms with Gasteiger partial charge in [-0.2, -0.15) is 0 Å². The smallest absolute Gasteiger partial charge is 0.137 e. The molecule has 1 aromatic heterocycles. The molecule has 3 nitrogen and oxygen atoms in total. The van der Waals surface area contributed by atoms with Gasteiger partial charge >= 0.3 is 0 Å². The maximum absolute atomic E-state index is 6.21. The largest absolute Gasteiger partial charge is 0.370 e. The summed E-state index contributed by atoms with van der Waals surface area (Å²) in [6, 6.07) is 0. The Kier molecular flexibility index (Phi) is 6.28. The molecule has 1 N–H and O–H groups in total. The Balaban J connectivity index is 1.72. The van der Waals surface area contributed by atoms with E-state index in [2.05, 4.69) is 29.1 Å². The Morgan fingerprint density at radius 2 is 1.86 bits per heavy atom. The molecule has 0 saturated heterocycles. The predicted octanol–water partition coefficient (Wildman–Crippen LogP) is 5.33.